The monoisotopic (exact) mass is 282 g/mol. The molecule has 1 atom stereocenters. The molecule has 7 heteroatoms. The fraction of sp³-hybridized carbons (Fsp3) is 0.667. The molecular weight excluding hydrogens is 264 g/mol. The lowest BCUT2D eigenvalue weighted by Gasteiger charge is -2.32. The summed E-state index contributed by atoms with van der Waals surface area (Å²) < 4.78 is 3.86. The first kappa shape index (κ1) is 13.9. The van der Waals surface area contributed by atoms with E-state index < -0.39 is 0 Å². The molecular formula is C12H18N4O2S. The van der Waals surface area contributed by atoms with Gasteiger partial charge in [-0.1, -0.05) is 23.5 Å². The predicted molar refractivity (Wildman–Crippen MR) is 72.8 cm³/mol. The highest BCUT2D eigenvalue weighted by atomic mass is 32.1. The lowest BCUT2D eigenvalue weighted by Crippen LogP contribution is -2.44. The summed E-state index contributed by atoms with van der Waals surface area (Å²) in [6.07, 6.45) is 2.21. The Morgan fingerprint density at radius 3 is 3.00 bits per heavy atom. The number of carbonyl (C=O) groups is 1. The Labute approximate surface area is 116 Å². The predicted octanol–water partition coefficient (Wildman–Crippen LogP) is 1.80. The fourth-order valence-corrected chi connectivity index (χ4v) is 3.06. The molecule has 6 nitrogen and oxygen atoms in total. The van der Waals surface area contributed by atoms with Crippen LogP contribution in [0.15, 0.2) is 5.16 Å². The van der Waals surface area contributed by atoms with Crippen molar-refractivity contribution in [3.05, 3.63) is 10.6 Å². The van der Waals surface area contributed by atoms with Crippen LogP contribution in [-0.4, -0.2) is 44.4 Å². The van der Waals surface area contributed by atoms with Gasteiger partial charge in [-0.2, -0.15) is 0 Å². The zero-order valence-corrected chi connectivity index (χ0v) is 12.0. The first-order valence-electron chi connectivity index (χ1n) is 6.52. The van der Waals surface area contributed by atoms with E-state index >= 15 is 0 Å². The second-order valence-electron chi connectivity index (χ2n) is 4.60. The van der Waals surface area contributed by atoms with Crippen LogP contribution in [0.3, 0.4) is 0 Å². The van der Waals surface area contributed by atoms with Crippen molar-refractivity contribution in [2.75, 3.05) is 13.1 Å². The van der Waals surface area contributed by atoms with Crippen LogP contribution in [0.5, 0.6) is 0 Å². The number of likely N-dealkylation sites (tertiary alicyclic amines) is 1. The minimum absolute atomic E-state index is 0.00212. The van der Waals surface area contributed by atoms with Crippen molar-refractivity contribution in [1.82, 2.24) is 14.5 Å². The van der Waals surface area contributed by atoms with Crippen molar-refractivity contribution >= 4 is 23.2 Å². The molecule has 1 aliphatic rings. The van der Waals surface area contributed by atoms with E-state index in [0.717, 1.165) is 29.4 Å². The number of hydrogen-bond acceptors (Lipinski definition) is 6. The number of aryl methyl sites for hydroxylation is 1. The van der Waals surface area contributed by atoms with Gasteiger partial charge in [0, 0.05) is 25.4 Å². The van der Waals surface area contributed by atoms with Crippen LogP contribution >= 0.6 is 11.5 Å². The van der Waals surface area contributed by atoms with Gasteiger partial charge < -0.3 is 10.1 Å². The van der Waals surface area contributed by atoms with Crippen LogP contribution in [0.25, 0.3) is 0 Å². The van der Waals surface area contributed by atoms with Crippen molar-refractivity contribution in [2.24, 2.45) is 11.1 Å². The molecule has 1 aromatic heterocycles. The smallest absolute Gasteiger partial charge is 0.267 e. The number of nitrogens with zero attached hydrogens (tertiary/aromatic N) is 4. The molecule has 104 valence electrons. The van der Waals surface area contributed by atoms with Gasteiger partial charge in [0.2, 0.25) is 0 Å². The van der Waals surface area contributed by atoms with Gasteiger partial charge in [-0.25, -0.2) is 0 Å². The number of amides is 1. The van der Waals surface area contributed by atoms with Crippen molar-refractivity contribution in [3.8, 4) is 0 Å². The lowest BCUT2D eigenvalue weighted by atomic mass is 9.93. The first-order valence-corrected chi connectivity index (χ1v) is 7.29. The molecule has 0 saturated carbocycles. The molecule has 1 N–H and O–H groups in total. The highest BCUT2D eigenvalue weighted by Gasteiger charge is 2.30. The zero-order valence-electron chi connectivity index (χ0n) is 11.2. The van der Waals surface area contributed by atoms with Gasteiger partial charge in [0.25, 0.3) is 5.91 Å². The van der Waals surface area contributed by atoms with Crippen LogP contribution in [-0.2, 0) is 6.42 Å². The van der Waals surface area contributed by atoms with E-state index in [0.29, 0.717) is 30.8 Å². The Morgan fingerprint density at radius 1 is 1.58 bits per heavy atom. The minimum Gasteiger partial charge on any atom is -0.411 e. The number of carbonyl (C=O) groups excluding carboxylic acids is 1. The Balaban J connectivity index is 2.13. The third-order valence-electron chi connectivity index (χ3n) is 3.54. The molecule has 0 aromatic carbocycles. The maximum absolute atomic E-state index is 12.5. The fourth-order valence-electron chi connectivity index (χ4n) is 2.34. The summed E-state index contributed by atoms with van der Waals surface area (Å²) >= 11 is 1.16. The number of piperidine rings is 1. The number of hydrogen-bond donors (Lipinski definition) is 1. The molecule has 1 unspecified atom stereocenters. The summed E-state index contributed by atoms with van der Waals surface area (Å²) in [5.41, 5.74) is 1.56. The van der Waals surface area contributed by atoms with E-state index in [9.17, 15) is 4.79 Å². The second kappa shape index (κ2) is 6.10. The molecule has 0 bridgehead atoms. The molecule has 2 heterocycles. The van der Waals surface area contributed by atoms with Crippen LogP contribution in [0.2, 0.25) is 0 Å². The molecule has 1 fully saturated rings. The Morgan fingerprint density at radius 2 is 2.37 bits per heavy atom. The Kier molecular flexibility index (Phi) is 4.47. The first-order chi connectivity index (χ1) is 9.21. The molecule has 1 aromatic rings. The van der Waals surface area contributed by atoms with Gasteiger partial charge in [-0.15, -0.1) is 5.10 Å². The summed E-state index contributed by atoms with van der Waals surface area (Å²) in [6, 6.07) is 0. The van der Waals surface area contributed by atoms with E-state index in [1.54, 1.807) is 0 Å². The molecule has 19 heavy (non-hydrogen) atoms. The number of oxime groups is 1. The van der Waals surface area contributed by atoms with Gasteiger partial charge in [0.05, 0.1) is 11.4 Å². The van der Waals surface area contributed by atoms with Crippen LogP contribution < -0.4 is 0 Å². The van der Waals surface area contributed by atoms with Gasteiger partial charge in [0.15, 0.2) is 0 Å². The van der Waals surface area contributed by atoms with Gasteiger partial charge >= 0.3 is 0 Å². The summed E-state index contributed by atoms with van der Waals surface area (Å²) in [6.45, 7) is 5.20. The molecule has 0 spiro atoms. The Bertz CT molecular complexity index is 486. The standard InChI is InChI=1S/C12H18N4O2S/c1-3-8-7-16(6-5-10(8)14-18)12(17)11-9(4-2)13-15-19-11/h8,18H,3-7H2,1-2H3. The third kappa shape index (κ3) is 2.75. The van der Waals surface area contributed by atoms with E-state index in [1.807, 2.05) is 18.7 Å². The largest absolute Gasteiger partial charge is 0.411 e. The van der Waals surface area contributed by atoms with Crippen LogP contribution in [0.1, 0.15) is 42.1 Å². The highest BCUT2D eigenvalue weighted by Crippen LogP contribution is 2.21. The molecule has 1 aliphatic heterocycles. The Hall–Kier alpha value is -1.50. The van der Waals surface area contributed by atoms with Crippen LogP contribution in [0.4, 0.5) is 0 Å². The maximum atomic E-state index is 12.5. The van der Waals surface area contributed by atoms with Crippen LogP contribution in [0, 0.1) is 5.92 Å². The summed E-state index contributed by atoms with van der Waals surface area (Å²) in [5.74, 6) is 0.149. The van der Waals surface area contributed by atoms with E-state index in [2.05, 4.69) is 14.7 Å². The molecule has 2 rings (SSSR count). The van der Waals surface area contributed by atoms with Crippen molar-refractivity contribution in [1.29, 1.82) is 0 Å². The molecule has 1 saturated heterocycles. The van der Waals surface area contributed by atoms with E-state index in [4.69, 9.17) is 5.21 Å². The maximum Gasteiger partial charge on any atom is 0.267 e. The second-order valence-corrected chi connectivity index (χ2v) is 5.35. The quantitative estimate of drug-likeness (QED) is 0.677. The summed E-state index contributed by atoms with van der Waals surface area (Å²) in [7, 11) is 0. The normalized spacial score (nSPS) is 21.9. The topological polar surface area (TPSA) is 78.7 Å². The lowest BCUT2D eigenvalue weighted by molar-refractivity contribution is 0.0732. The van der Waals surface area contributed by atoms with E-state index in [1.165, 1.54) is 0 Å². The van der Waals surface area contributed by atoms with Crippen molar-refractivity contribution in [3.63, 3.8) is 0 Å². The summed E-state index contributed by atoms with van der Waals surface area (Å²) in [4.78, 5) is 14.9. The van der Waals surface area contributed by atoms with Gasteiger partial charge in [-0.3, -0.25) is 4.79 Å². The SMILES string of the molecule is CCc1nnsc1C(=O)N1CCC(=NO)C(CC)C1. The number of rotatable bonds is 3. The highest BCUT2D eigenvalue weighted by molar-refractivity contribution is 7.08. The van der Waals surface area contributed by atoms with E-state index in [-0.39, 0.29) is 11.8 Å². The average molecular weight is 282 g/mol. The summed E-state index contributed by atoms with van der Waals surface area (Å²) in [5, 5.41) is 16.3. The molecule has 0 aliphatic carbocycles. The van der Waals surface area contributed by atoms with Crippen molar-refractivity contribution in [2.45, 2.75) is 33.1 Å². The van der Waals surface area contributed by atoms with Gasteiger partial charge in [-0.05, 0) is 24.4 Å². The zero-order chi connectivity index (χ0) is 13.8. The molecule has 1 amide bonds. The number of aromatic nitrogens is 2. The molecule has 0 radical (unpaired) electrons. The third-order valence-corrected chi connectivity index (χ3v) is 4.30. The average Bonchev–Trinajstić information content (AvgIpc) is 2.94. The van der Waals surface area contributed by atoms with Gasteiger partial charge in [0.1, 0.15) is 4.88 Å². The minimum atomic E-state index is 0.00212. The van der Waals surface area contributed by atoms with Crippen molar-refractivity contribution < 1.29 is 10.0 Å².